The lowest BCUT2D eigenvalue weighted by Crippen LogP contribution is -1.89. The molecule has 0 aliphatic heterocycles. The quantitative estimate of drug-likeness (QED) is 0.764. The van der Waals surface area contributed by atoms with E-state index in [9.17, 15) is 0 Å². The molecule has 0 aliphatic carbocycles. The van der Waals surface area contributed by atoms with Crippen molar-refractivity contribution >= 4 is 11.6 Å². The Kier molecular flexibility index (Phi) is 3.85. The van der Waals surface area contributed by atoms with Gasteiger partial charge in [-0.1, -0.05) is 29.8 Å². The Labute approximate surface area is 107 Å². The molecule has 1 atom stereocenters. The van der Waals surface area contributed by atoms with Crippen molar-refractivity contribution in [2.45, 2.75) is 32.1 Å². The van der Waals surface area contributed by atoms with E-state index in [0.717, 1.165) is 18.6 Å². The van der Waals surface area contributed by atoms with Gasteiger partial charge in [-0.3, -0.25) is 0 Å². The fourth-order valence-electron chi connectivity index (χ4n) is 1.64. The molecule has 0 amide bonds. The van der Waals surface area contributed by atoms with Gasteiger partial charge in [0.05, 0.1) is 6.20 Å². The number of aryl methyl sites for hydroxylation is 3. The van der Waals surface area contributed by atoms with E-state index in [4.69, 9.17) is 16.0 Å². The smallest absolute Gasteiger partial charge is 0.212 e. The highest BCUT2D eigenvalue weighted by Crippen LogP contribution is 2.19. The predicted octanol–water partition coefficient (Wildman–Crippen LogP) is 4.07. The van der Waals surface area contributed by atoms with Crippen LogP contribution in [0.5, 0.6) is 0 Å². The average molecular weight is 250 g/mol. The Morgan fingerprint density at radius 2 is 1.94 bits per heavy atom. The summed E-state index contributed by atoms with van der Waals surface area (Å²) in [6, 6.07) is 8.55. The first-order valence-corrected chi connectivity index (χ1v) is 6.23. The van der Waals surface area contributed by atoms with Crippen LogP contribution < -0.4 is 0 Å². The lowest BCUT2D eigenvalue weighted by Gasteiger charge is -2.00. The second-order valence-electron chi connectivity index (χ2n) is 4.27. The van der Waals surface area contributed by atoms with Crippen LogP contribution in [-0.2, 0) is 12.8 Å². The van der Waals surface area contributed by atoms with Crippen LogP contribution in [-0.4, -0.2) is 4.98 Å². The molecule has 0 aliphatic rings. The third-order valence-corrected chi connectivity index (χ3v) is 2.88. The Morgan fingerprint density at radius 1 is 1.24 bits per heavy atom. The highest BCUT2D eigenvalue weighted by molar-refractivity contribution is 6.20. The van der Waals surface area contributed by atoms with Crippen LogP contribution in [0.15, 0.2) is 34.9 Å². The van der Waals surface area contributed by atoms with Crippen LogP contribution in [0, 0.1) is 6.92 Å². The molecule has 17 heavy (non-hydrogen) atoms. The molecule has 2 aromatic rings. The summed E-state index contributed by atoms with van der Waals surface area (Å²) in [6.45, 7) is 3.95. The second kappa shape index (κ2) is 5.37. The Hall–Kier alpha value is -1.28. The summed E-state index contributed by atoms with van der Waals surface area (Å²) in [4.78, 5) is 4.14. The molecule has 0 saturated heterocycles. The number of hydrogen-bond acceptors (Lipinski definition) is 2. The summed E-state index contributed by atoms with van der Waals surface area (Å²) >= 11 is 5.89. The summed E-state index contributed by atoms with van der Waals surface area (Å²) in [5.41, 5.74) is 2.60. The first-order chi connectivity index (χ1) is 8.15. The van der Waals surface area contributed by atoms with Crippen molar-refractivity contribution in [1.29, 1.82) is 0 Å². The van der Waals surface area contributed by atoms with Crippen molar-refractivity contribution in [2.75, 3.05) is 0 Å². The monoisotopic (exact) mass is 249 g/mol. The van der Waals surface area contributed by atoms with Crippen molar-refractivity contribution in [3.63, 3.8) is 0 Å². The van der Waals surface area contributed by atoms with Crippen LogP contribution >= 0.6 is 11.6 Å². The number of nitrogens with zero attached hydrogens (tertiary/aromatic N) is 1. The number of rotatable bonds is 4. The first-order valence-electron chi connectivity index (χ1n) is 5.79. The fraction of sp³-hybridized carbons (Fsp3) is 0.357. The minimum atomic E-state index is -0.164. The Balaban J connectivity index is 1.95. The van der Waals surface area contributed by atoms with Gasteiger partial charge in [-0.05, 0) is 25.8 Å². The molecule has 0 N–H and O–H groups in total. The molecule has 0 saturated carbocycles. The van der Waals surface area contributed by atoms with Crippen LogP contribution in [0.1, 0.15) is 35.1 Å². The predicted molar refractivity (Wildman–Crippen MR) is 69.4 cm³/mol. The molecule has 1 heterocycles. The van der Waals surface area contributed by atoms with E-state index in [1.807, 2.05) is 6.92 Å². The third-order valence-electron chi connectivity index (χ3n) is 2.69. The van der Waals surface area contributed by atoms with Crippen molar-refractivity contribution in [1.82, 2.24) is 4.98 Å². The third kappa shape index (κ3) is 3.34. The Morgan fingerprint density at radius 3 is 2.53 bits per heavy atom. The highest BCUT2D eigenvalue weighted by atomic mass is 35.5. The Bertz CT molecular complexity index is 473. The number of hydrogen-bond donors (Lipinski definition) is 0. The minimum Gasteiger partial charge on any atom is -0.444 e. The minimum absolute atomic E-state index is 0.164. The fourth-order valence-corrected chi connectivity index (χ4v) is 1.75. The number of benzene rings is 1. The topological polar surface area (TPSA) is 26.0 Å². The lowest BCUT2D eigenvalue weighted by atomic mass is 10.1. The summed E-state index contributed by atoms with van der Waals surface area (Å²) in [6.07, 6.45) is 3.59. The highest BCUT2D eigenvalue weighted by Gasteiger charge is 2.09. The maximum absolute atomic E-state index is 5.89. The maximum Gasteiger partial charge on any atom is 0.212 e. The zero-order chi connectivity index (χ0) is 12.3. The van der Waals surface area contributed by atoms with Crippen molar-refractivity contribution in [2.24, 2.45) is 0 Å². The number of halogens is 1. The van der Waals surface area contributed by atoms with E-state index in [1.54, 1.807) is 6.20 Å². The van der Waals surface area contributed by atoms with Crippen LogP contribution in [0.3, 0.4) is 0 Å². The van der Waals surface area contributed by atoms with E-state index in [1.165, 1.54) is 11.1 Å². The standard InChI is InChI=1S/C14H16ClNO/c1-10-3-5-12(6-4-10)7-8-13-9-16-14(17-13)11(2)15/h3-6,9,11H,7-8H2,1-2H3. The molecular formula is C14H16ClNO. The maximum atomic E-state index is 5.89. The van der Waals surface area contributed by atoms with Crippen molar-refractivity contribution < 1.29 is 4.42 Å². The van der Waals surface area contributed by atoms with Gasteiger partial charge in [-0.15, -0.1) is 11.6 Å². The zero-order valence-corrected chi connectivity index (χ0v) is 10.9. The SMILES string of the molecule is Cc1ccc(CCc2cnc(C(C)Cl)o2)cc1. The van der Waals surface area contributed by atoms with Gasteiger partial charge in [0.2, 0.25) is 5.89 Å². The van der Waals surface area contributed by atoms with E-state index < -0.39 is 0 Å². The summed E-state index contributed by atoms with van der Waals surface area (Å²) in [5, 5.41) is -0.164. The van der Waals surface area contributed by atoms with Gasteiger partial charge in [0.15, 0.2) is 0 Å². The normalized spacial score (nSPS) is 12.6. The molecule has 1 unspecified atom stereocenters. The summed E-state index contributed by atoms with van der Waals surface area (Å²) in [5.74, 6) is 1.50. The zero-order valence-electron chi connectivity index (χ0n) is 10.1. The van der Waals surface area contributed by atoms with E-state index in [-0.39, 0.29) is 5.38 Å². The van der Waals surface area contributed by atoms with Gasteiger partial charge in [-0.25, -0.2) is 4.98 Å². The molecule has 3 heteroatoms. The molecule has 0 fully saturated rings. The summed E-state index contributed by atoms with van der Waals surface area (Å²) < 4.78 is 5.55. The molecule has 2 rings (SSSR count). The molecule has 1 aromatic carbocycles. The van der Waals surface area contributed by atoms with E-state index in [2.05, 4.69) is 36.2 Å². The summed E-state index contributed by atoms with van der Waals surface area (Å²) in [7, 11) is 0. The molecule has 0 radical (unpaired) electrons. The number of aromatic nitrogens is 1. The largest absolute Gasteiger partial charge is 0.444 e. The van der Waals surface area contributed by atoms with Gasteiger partial charge in [-0.2, -0.15) is 0 Å². The average Bonchev–Trinajstić information content (AvgIpc) is 2.77. The molecule has 90 valence electrons. The molecular weight excluding hydrogens is 234 g/mol. The van der Waals surface area contributed by atoms with E-state index >= 15 is 0 Å². The first kappa shape index (κ1) is 12.2. The van der Waals surface area contributed by atoms with Gasteiger partial charge < -0.3 is 4.42 Å². The van der Waals surface area contributed by atoms with Crippen LogP contribution in [0.25, 0.3) is 0 Å². The molecule has 0 spiro atoms. The lowest BCUT2D eigenvalue weighted by molar-refractivity contribution is 0.455. The van der Waals surface area contributed by atoms with Crippen LogP contribution in [0.4, 0.5) is 0 Å². The van der Waals surface area contributed by atoms with E-state index in [0.29, 0.717) is 5.89 Å². The molecule has 2 nitrogen and oxygen atoms in total. The number of oxazole rings is 1. The van der Waals surface area contributed by atoms with Crippen molar-refractivity contribution in [3.8, 4) is 0 Å². The van der Waals surface area contributed by atoms with Gasteiger partial charge in [0.1, 0.15) is 11.1 Å². The number of alkyl halides is 1. The van der Waals surface area contributed by atoms with Gasteiger partial charge in [0.25, 0.3) is 0 Å². The molecule has 1 aromatic heterocycles. The second-order valence-corrected chi connectivity index (χ2v) is 4.92. The van der Waals surface area contributed by atoms with Gasteiger partial charge in [0, 0.05) is 6.42 Å². The molecule has 0 bridgehead atoms. The van der Waals surface area contributed by atoms with Crippen LogP contribution in [0.2, 0.25) is 0 Å². The van der Waals surface area contributed by atoms with Crippen molar-refractivity contribution in [3.05, 3.63) is 53.2 Å². The van der Waals surface area contributed by atoms with Gasteiger partial charge >= 0.3 is 0 Å².